The number of rotatable bonds is 7. The smallest absolute Gasteiger partial charge is 0.119 e. The second-order valence-corrected chi connectivity index (χ2v) is 9.30. The molecule has 2 fully saturated rings. The summed E-state index contributed by atoms with van der Waals surface area (Å²) in [6, 6.07) is 6.87. The molecule has 4 rings (SSSR count). The summed E-state index contributed by atoms with van der Waals surface area (Å²) < 4.78 is 6.09. The van der Waals surface area contributed by atoms with Crippen LogP contribution in [-0.4, -0.2) is 55.7 Å². The first-order valence-corrected chi connectivity index (χ1v) is 11.5. The minimum atomic E-state index is 0.848. The Labute approximate surface area is 166 Å². The molecule has 2 aliphatic heterocycles. The number of likely N-dealkylation sites (tertiary alicyclic amines) is 2. The van der Waals surface area contributed by atoms with Gasteiger partial charge < -0.3 is 14.5 Å². The number of piperidine rings is 1. The molecule has 0 spiro atoms. The predicted octanol–water partition coefficient (Wildman–Crippen LogP) is 4.39. The van der Waals surface area contributed by atoms with Crippen LogP contribution in [0.2, 0.25) is 0 Å². The molecule has 2 saturated heterocycles. The minimum Gasteiger partial charge on any atom is -0.494 e. The van der Waals surface area contributed by atoms with E-state index in [4.69, 9.17) is 4.74 Å². The highest BCUT2D eigenvalue weighted by Gasteiger charge is 2.23. The lowest BCUT2D eigenvalue weighted by Gasteiger charge is -2.30. The van der Waals surface area contributed by atoms with E-state index < -0.39 is 0 Å². The zero-order valence-electron chi connectivity index (χ0n) is 17.3. The third-order valence-corrected chi connectivity index (χ3v) is 6.85. The molecule has 2 atom stereocenters. The third-order valence-electron chi connectivity index (χ3n) is 6.85. The summed E-state index contributed by atoms with van der Waals surface area (Å²) in [6.45, 7) is 10.9. The fourth-order valence-electron chi connectivity index (χ4n) is 5.35. The molecular weight excluding hydrogens is 332 g/mol. The van der Waals surface area contributed by atoms with Gasteiger partial charge in [0.1, 0.15) is 5.75 Å². The SMILES string of the molecule is CC1CCCN(CCCOc2ccc3c(c2)CCC(CN2CCCC2)C3)C1. The Bertz CT molecular complexity index is 596. The van der Waals surface area contributed by atoms with Crippen molar-refractivity contribution in [1.82, 2.24) is 9.80 Å². The first-order chi connectivity index (χ1) is 13.3. The topological polar surface area (TPSA) is 15.7 Å². The molecule has 1 aliphatic carbocycles. The Hall–Kier alpha value is -1.06. The molecule has 1 aromatic carbocycles. The van der Waals surface area contributed by atoms with Crippen molar-refractivity contribution in [3.63, 3.8) is 0 Å². The summed E-state index contributed by atoms with van der Waals surface area (Å²) in [5.74, 6) is 2.81. The van der Waals surface area contributed by atoms with Gasteiger partial charge in [0.25, 0.3) is 0 Å². The lowest BCUT2D eigenvalue weighted by molar-refractivity contribution is 0.170. The van der Waals surface area contributed by atoms with Crippen LogP contribution >= 0.6 is 0 Å². The Kier molecular flexibility index (Phi) is 6.73. The second-order valence-electron chi connectivity index (χ2n) is 9.30. The molecular formula is C24H38N2O. The monoisotopic (exact) mass is 370 g/mol. The zero-order chi connectivity index (χ0) is 18.5. The second kappa shape index (κ2) is 9.43. The molecule has 27 heavy (non-hydrogen) atoms. The zero-order valence-corrected chi connectivity index (χ0v) is 17.3. The minimum absolute atomic E-state index is 0.848. The van der Waals surface area contributed by atoms with Gasteiger partial charge in [-0.25, -0.2) is 0 Å². The summed E-state index contributed by atoms with van der Waals surface area (Å²) in [6.07, 6.45) is 10.6. The van der Waals surface area contributed by atoms with Crippen molar-refractivity contribution in [3.05, 3.63) is 29.3 Å². The lowest BCUT2D eigenvalue weighted by Crippen LogP contribution is -2.35. The van der Waals surface area contributed by atoms with Crippen molar-refractivity contribution >= 4 is 0 Å². The number of hydrogen-bond acceptors (Lipinski definition) is 3. The number of aryl methyl sites for hydroxylation is 1. The van der Waals surface area contributed by atoms with E-state index in [1.807, 2.05) is 0 Å². The van der Waals surface area contributed by atoms with Crippen molar-refractivity contribution in [2.24, 2.45) is 11.8 Å². The molecule has 3 nitrogen and oxygen atoms in total. The maximum absolute atomic E-state index is 6.09. The molecule has 0 bridgehead atoms. The van der Waals surface area contributed by atoms with Gasteiger partial charge in [0.2, 0.25) is 0 Å². The molecule has 2 heterocycles. The Balaban J connectivity index is 1.20. The highest BCUT2D eigenvalue weighted by Crippen LogP contribution is 2.30. The van der Waals surface area contributed by atoms with E-state index in [1.165, 1.54) is 89.8 Å². The van der Waals surface area contributed by atoms with E-state index in [-0.39, 0.29) is 0 Å². The number of ether oxygens (including phenoxy) is 1. The van der Waals surface area contributed by atoms with Crippen LogP contribution in [0.4, 0.5) is 0 Å². The van der Waals surface area contributed by atoms with Gasteiger partial charge in [-0.1, -0.05) is 13.0 Å². The van der Waals surface area contributed by atoms with E-state index in [1.54, 1.807) is 5.56 Å². The molecule has 2 unspecified atom stereocenters. The lowest BCUT2D eigenvalue weighted by atomic mass is 9.83. The van der Waals surface area contributed by atoms with E-state index in [0.29, 0.717) is 0 Å². The van der Waals surface area contributed by atoms with Crippen LogP contribution in [0.15, 0.2) is 18.2 Å². The number of hydrogen-bond donors (Lipinski definition) is 0. The fraction of sp³-hybridized carbons (Fsp3) is 0.750. The molecule has 0 N–H and O–H groups in total. The van der Waals surface area contributed by atoms with Crippen molar-refractivity contribution in [3.8, 4) is 5.75 Å². The largest absolute Gasteiger partial charge is 0.494 e. The fourth-order valence-corrected chi connectivity index (χ4v) is 5.35. The number of fused-ring (bicyclic) bond motifs is 1. The van der Waals surface area contributed by atoms with Crippen molar-refractivity contribution < 1.29 is 4.74 Å². The maximum atomic E-state index is 6.09. The quantitative estimate of drug-likeness (QED) is 0.662. The van der Waals surface area contributed by atoms with Gasteiger partial charge in [-0.2, -0.15) is 0 Å². The van der Waals surface area contributed by atoms with E-state index in [9.17, 15) is 0 Å². The van der Waals surface area contributed by atoms with Gasteiger partial charge >= 0.3 is 0 Å². The molecule has 3 aliphatic rings. The number of nitrogens with zero attached hydrogens (tertiary/aromatic N) is 2. The highest BCUT2D eigenvalue weighted by atomic mass is 16.5. The van der Waals surface area contributed by atoms with Gasteiger partial charge in [-0.15, -0.1) is 0 Å². The van der Waals surface area contributed by atoms with Crippen molar-refractivity contribution in [1.29, 1.82) is 0 Å². The van der Waals surface area contributed by atoms with Crippen LogP contribution < -0.4 is 4.74 Å². The van der Waals surface area contributed by atoms with Crippen LogP contribution in [-0.2, 0) is 12.8 Å². The van der Waals surface area contributed by atoms with Gasteiger partial charge in [0, 0.05) is 19.6 Å². The Morgan fingerprint density at radius 1 is 1.00 bits per heavy atom. The first kappa shape index (κ1) is 19.3. The summed E-state index contributed by atoms with van der Waals surface area (Å²) in [4.78, 5) is 5.29. The highest BCUT2D eigenvalue weighted by molar-refractivity contribution is 5.37. The van der Waals surface area contributed by atoms with E-state index >= 15 is 0 Å². The Morgan fingerprint density at radius 3 is 2.70 bits per heavy atom. The van der Waals surface area contributed by atoms with Crippen LogP contribution in [0.3, 0.4) is 0 Å². The van der Waals surface area contributed by atoms with Gasteiger partial charge in [0.15, 0.2) is 0 Å². The average molecular weight is 371 g/mol. The standard InChI is InChI=1S/C24H38N2O/c1-20-6-4-13-25(18-20)14-5-15-27-24-10-9-22-16-21(7-8-23(22)17-24)19-26-11-2-3-12-26/h9-10,17,20-21H,2-8,11-16,18-19H2,1H3. The normalized spacial score (nSPS) is 26.9. The molecule has 0 saturated carbocycles. The first-order valence-electron chi connectivity index (χ1n) is 11.5. The number of benzene rings is 1. The summed E-state index contributed by atoms with van der Waals surface area (Å²) >= 11 is 0. The summed E-state index contributed by atoms with van der Waals surface area (Å²) in [7, 11) is 0. The molecule has 1 aromatic rings. The van der Waals surface area contributed by atoms with Crippen LogP contribution in [0.1, 0.15) is 56.6 Å². The molecule has 0 aromatic heterocycles. The van der Waals surface area contributed by atoms with Crippen molar-refractivity contribution in [2.75, 3.05) is 45.9 Å². The molecule has 0 radical (unpaired) electrons. The van der Waals surface area contributed by atoms with Crippen LogP contribution in [0.25, 0.3) is 0 Å². The molecule has 0 amide bonds. The Morgan fingerprint density at radius 2 is 1.85 bits per heavy atom. The average Bonchev–Trinajstić information content (AvgIpc) is 3.18. The van der Waals surface area contributed by atoms with E-state index in [0.717, 1.165) is 30.6 Å². The summed E-state index contributed by atoms with van der Waals surface area (Å²) in [5, 5.41) is 0. The van der Waals surface area contributed by atoms with Crippen LogP contribution in [0.5, 0.6) is 5.75 Å². The molecule has 3 heteroatoms. The van der Waals surface area contributed by atoms with Crippen molar-refractivity contribution in [2.45, 2.75) is 58.3 Å². The van der Waals surface area contributed by atoms with Gasteiger partial charge in [-0.05, 0) is 106 Å². The molecule has 150 valence electrons. The van der Waals surface area contributed by atoms with E-state index in [2.05, 4.69) is 34.9 Å². The predicted molar refractivity (Wildman–Crippen MR) is 113 cm³/mol. The summed E-state index contributed by atoms with van der Waals surface area (Å²) in [5.41, 5.74) is 3.11. The maximum Gasteiger partial charge on any atom is 0.119 e. The van der Waals surface area contributed by atoms with Gasteiger partial charge in [-0.3, -0.25) is 0 Å². The van der Waals surface area contributed by atoms with Crippen LogP contribution in [0, 0.1) is 11.8 Å². The van der Waals surface area contributed by atoms with Gasteiger partial charge in [0.05, 0.1) is 6.61 Å². The third kappa shape index (κ3) is 5.48.